The van der Waals surface area contributed by atoms with Gasteiger partial charge in [0.2, 0.25) is 5.91 Å². The van der Waals surface area contributed by atoms with Crippen molar-refractivity contribution in [3.8, 4) is 0 Å². The Balaban J connectivity index is 1.99. The van der Waals surface area contributed by atoms with Gasteiger partial charge in [0.05, 0.1) is 22.8 Å². The Morgan fingerprint density at radius 1 is 1.24 bits per heavy atom. The van der Waals surface area contributed by atoms with E-state index in [-0.39, 0.29) is 36.1 Å². The van der Waals surface area contributed by atoms with Crippen LogP contribution in [0.4, 0.5) is 9.39 Å². The first-order valence-electron chi connectivity index (χ1n) is 9.10. The predicted octanol–water partition coefficient (Wildman–Crippen LogP) is 4.35. The lowest BCUT2D eigenvalue weighted by Crippen LogP contribution is -2.28. The van der Waals surface area contributed by atoms with Crippen LogP contribution in [0.2, 0.25) is 5.02 Å². The molecule has 0 atom stereocenters. The predicted molar refractivity (Wildman–Crippen MR) is 111 cm³/mol. The van der Waals surface area contributed by atoms with Crippen molar-refractivity contribution in [2.75, 3.05) is 18.5 Å². The van der Waals surface area contributed by atoms with E-state index in [1.54, 1.807) is 6.92 Å². The molecule has 0 unspecified atom stereocenters. The summed E-state index contributed by atoms with van der Waals surface area (Å²) in [6.07, 6.45) is 0.631. The van der Waals surface area contributed by atoms with Gasteiger partial charge in [0.15, 0.2) is 0 Å². The molecule has 0 bridgehead atoms. The quantitative estimate of drug-likeness (QED) is 0.598. The molecular formula is C20H22ClFN2O4S. The molecule has 0 saturated heterocycles. The molecule has 0 aliphatic rings. The fourth-order valence-electron chi connectivity index (χ4n) is 2.76. The average molecular weight is 441 g/mol. The molecule has 29 heavy (non-hydrogen) atoms. The van der Waals surface area contributed by atoms with Gasteiger partial charge >= 0.3 is 5.97 Å². The summed E-state index contributed by atoms with van der Waals surface area (Å²) < 4.78 is 18.2. The zero-order chi connectivity index (χ0) is 21.6. The fourth-order valence-corrected chi connectivity index (χ4v) is 4.16. The Morgan fingerprint density at radius 2 is 1.97 bits per heavy atom. The van der Waals surface area contributed by atoms with Gasteiger partial charge in [-0.05, 0) is 44.0 Å². The van der Waals surface area contributed by atoms with Gasteiger partial charge in [0, 0.05) is 17.8 Å². The van der Waals surface area contributed by atoms with Crippen LogP contribution in [0.1, 0.15) is 51.4 Å². The number of hydrogen-bond acceptors (Lipinski definition) is 5. The van der Waals surface area contributed by atoms with Crippen LogP contribution in [0.5, 0.6) is 0 Å². The number of esters is 1. The molecule has 2 N–H and O–H groups in total. The van der Waals surface area contributed by atoms with E-state index < -0.39 is 17.7 Å². The molecule has 2 aromatic rings. The maximum atomic E-state index is 13.1. The van der Waals surface area contributed by atoms with Crippen LogP contribution in [0.25, 0.3) is 0 Å². The number of carbonyl (C=O) groups is 3. The normalized spacial score (nSPS) is 10.5. The first-order chi connectivity index (χ1) is 13.8. The molecule has 0 saturated carbocycles. The van der Waals surface area contributed by atoms with Crippen LogP contribution in [0.15, 0.2) is 18.2 Å². The summed E-state index contributed by atoms with van der Waals surface area (Å²) in [4.78, 5) is 37.6. The highest BCUT2D eigenvalue weighted by molar-refractivity contribution is 7.16. The third kappa shape index (κ3) is 5.77. The SMILES string of the molecule is CCOC(=O)c1c(NC(=O)CCNC(=O)c2ccc(F)cc2Cl)sc(C)c1CC. The van der Waals surface area contributed by atoms with Crippen LogP contribution >= 0.6 is 22.9 Å². The van der Waals surface area contributed by atoms with Gasteiger partial charge in [-0.3, -0.25) is 9.59 Å². The topological polar surface area (TPSA) is 84.5 Å². The minimum Gasteiger partial charge on any atom is -0.462 e. The summed E-state index contributed by atoms with van der Waals surface area (Å²) in [6.45, 7) is 5.82. The van der Waals surface area contributed by atoms with Gasteiger partial charge < -0.3 is 15.4 Å². The molecular weight excluding hydrogens is 419 g/mol. The van der Waals surface area contributed by atoms with E-state index >= 15 is 0 Å². The monoisotopic (exact) mass is 440 g/mol. The van der Waals surface area contributed by atoms with Crippen LogP contribution in [-0.2, 0) is 16.0 Å². The number of nitrogens with one attached hydrogen (secondary N) is 2. The van der Waals surface area contributed by atoms with Crippen molar-refractivity contribution in [1.29, 1.82) is 0 Å². The van der Waals surface area contributed by atoms with Gasteiger partial charge in [0.25, 0.3) is 5.91 Å². The van der Waals surface area contributed by atoms with Gasteiger partial charge in [-0.25, -0.2) is 9.18 Å². The molecule has 9 heteroatoms. The second-order valence-electron chi connectivity index (χ2n) is 6.09. The summed E-state index contributed by atoms with van der Waals surface area (Å²) in [6, 6.07) is 3.46. The Kier molecular flexibility index (Phi) is 8.16. The number of carbonyl (C=O) groups excluding carboxylic acids is 3. The van der Waals surface area contributed by atoms with E-state index in [0.717, 1.165) is 22.6 Å². The van der Waals surface area contributed by atoms with Crippen molar-refractivity contribution in [2.45, 2.75) is 33.6 Å². The summed E-state index contributed by atoms with van der Waals surface area (Å²) in [5, 5.41) is 5.73. The standard InChI is InChI=1S/C20H22ClFN2O4S/c1-4-13-11(3)29-19(17(13)20(27)28-5-2)24-16(25)8-9-23-18(26)14-7-6-12(22)10-15(14)21/h6-7,10H,4-5,8-9H2,1-3H3,(H,23,26)(H,24,25). The third-order valence-electron chi connectivity index (χ3n) is 4.11. The lowest BCUT2D eigenvalue weighted by molar-refractivity contribution is -0.116. The van der Waals surface area contributed by atoms with E-state index in [0.29, 0.717) is 17.0 Å². The zero-order valence-corrected chi connectivity index (χ0v) is 17.9. The van der Waals surface area contributed by atoms with Crippen molar-refractivity contribution in [1.82, 2.24) is 5.32 Å². The second kappa shape index (κ2) is 10.4. The summed E-state index contributed by atoms with van der Waals surface area (Å²) in [5.74, 6) is -1.87. The molecule has 1 heterocycles. The number of amides is 2. The van der Waals surface area contributed by atoms with Crippen LogP contribution in [0.3, 0.4) is 0 Å². The fraction of sp³-hybridized carbons (Fsp3) is 0.350. The van der Waals surface area contributed by atoms with Crippen LogP contribution < -0.4 is 10.6 Å². The van der Waals surface area contributed by atoms with Crippen LogP contribution in [-0.4, -0.2) is 30.9 Å². The zero-order valence-electron chi connectivity index (χ0n) is 16.4. The van der Waals surface area contributed by atoms with Gasteiger partial charge in [0.1, 0.15) is 10.8 Å². The molecule has 0 spiro atoms. The second-order valence-corrected chi connectivity index (χ2v) is 7.73. The third-order valence-corrected chi connectivity index (χ3v) is 5.48. The number of aryl methyl sites for hydroxylation is 1. The largest absolute Gasteiger partial charge is 0.462 e. The number of ether oxygens (including phenoxy) is 1. The lowest BCUT2D eigenvalue weighted by Gasteiger charge is -2.09. The Morgan fingerprint density at radius 3 is 2.59 bits per heavy atom. The van der Waals surface area contributed by atoms with Gasteiger partial charge in [-0.2, -0.15) is 0 Å². The maximum absolute atomic E-state index is 13.1. The Hall–Kier alpha value is -2.45. The Bertz CT molecular complexity index is 929. The van der Waals surface area contributed by atoms with Crippen LogP contribution in [0, 0.1) is 12.7 Å². The van der Waals surface area contributed by atoms with E-state index in [2.05, 4.69) is 10.6 Å². The van der Waals surface area contributed by atoms with Gasteiger partial charge in [-0.15, -0.1) is 11.3 Å². The molecule has 0 aliphatic carbocycles. The molecule has 1 aromatic carbocycles. The van der Waals surface area contributed by atoms with Crippen molar-refractivity contribution in [2.24, 2.45) is 0 Å². The van der Waals surface area contributed by atoms with E-state index in [9.17, 15) is 18.8 Å². The van der Waals surface area contributed by atoms with Crippen molar-refractivity contribution < 1.29 is 23.5 Å². The summed E-state index contributed by atoms with van der Waals surface area (Å²) in [7, 11) is 0. The smallest absolute Gasteiger partial charge is 0.341 e. The van der Waals surface area contributed by atoms with E-state index in [1.165, 1.54) is 17.4 Å². The first-order valence-corrected chi connectivity index (χ1v) is 10.3. The minimum absolute atomic E-state index is 0.00724. The van der Waals surface area contributed by atoms with E-state index in [1.807, 2.05) is 13.8 Å². The Labute approximate surface area is 177 Å². The van der Waals surface area contributed by atoms with E-state index in [4.69, 9.17) is 16.3 Å². The summed E-state index contributed by atoms with van der Waals surface area (Å²) >= 11 is 7.17. The molecule has 0 fully saturated rings. The number of thiophene rings is 1. The highest BCUT2D eigenvalue weighted by Gasteiger charge is 2.23. The van der Waals surface area contributed by atoms with Crippen molar-refractivity contribution >= 4 is 45.7 Å². The lowest BCUT2D eigenvalue weighted by atomic mass is 10.1. The number of anilines is 1. The molecule has 1 aromatic heterocycles. The number of hydrogen-bond donors (Lipinski definition) is 2. The van der Waals surface area contributed by atoms with Crippen molar-refractivity contribution in [3.05, 3.63) is 50.6 Å². The van der Waals surface area contributed by atoms with Gasteiger partial charge in [-0.1, -0.05) is 18.5 Å². The van der Waals surface area contributed by atoms with Crippen molar-refractivity contribution in [3.63, 3.8) is 0 Å². The number of rotatable bonds is 8. The molecule has 2 rings (SSSR count). The first kappa shape index (κ1) is 22.8. The molecule has 0 aliphatic heterocycles. The average Bonchev–Trinajstić information content (AvgIpc) is 2.96. The molecule has 2 amide bonds. The molecule has 156 valence electrons. The highest BCUT2D eigenvalue weighted by atomic mass is 35.5. The molecule has 6 nitrogen and oxygen atoms in total. The molecule has 0 radical (unpaired) electrons. The number of halogens is 2. The minimum atomic E-state index is -0.541. The highest BCUT2D eigenvalue weighted by Crippen LogP contribution is 2.34. The number of benzene rings is 1. The summed E-state index contributed by atoms with van der Waals surface area (Å²) in [5.41, 5.74) is 1.36. The maximum Gasteiger partial charge on any atom is 0.341 e.